The third kappa shape index (κ3) is 14.7. The summed E-state index contributed by atoms with van der Waals surface area (Å²) in [5.41, 5.74) is 7.09. The highest BCUT2D eigenvalue weighted by Gasteiger charge is 2.19. The second kappa shape index (κ2) is 21.1. The average molecular weight is 640 g/mol. The molecule has 236 valence electrons. The van der Waals surface area contributed by atoms with Crippen molar-refractivity contribution in [2.45, 2.75) is 88.7 Å². The van der Waals surface area contributed by atoms with E-state index >= 15 is 0 Å². The number of benzene rings is 1. The number of nitrogens with two attached hydrogens (primary N) is 1. The molecule has 0 amide bonds. The van der Waals surface area contributed by atoms with Crippen LogP contribution in [0.15, 0.2) is 47.9 Å². The van der Waals surface area contributed by atoms with Crippen LogP contribution in [0.5, 0.6) is 0 Å². The number of hydrogen-bond donors (Lipinski definition) is 2. The molecule has 0 aliphatic rings. The molecule has 0 spiro atoms. The van der Waals surface area contributed by atoms with E-state index in [-0.39, 0.29) is 18.6 Å². The lowest BCUT2D eigenvalue weighted by Gasteiger charge is -2.18. The van der Waals surface area contributed by atoms with Gasteiger partial charge in [0.2, 0.25) is 7.37 Å². The minimum absolute atomic E-state index is 0. The fourth-order valence-electron chi connectivity index (χ4n) is 4.43. The van der Waals surface area contributed by atoms with E-state index in [0.717, 1.165) is 12.2 Å². The van der Waals surface area contributed by atoms with Crippen LogP contribution in [0.25, 0.3) is 11.2 Å². The van der Waals surface area contributed by atoms with Gasteiger partial charge in [0.15, 0.2) is 11.5 Å². The Labute approximate surface area is 261 Å². The second-order valence-corrected chi connectivity index (χ2v) is 15.5. The molecular weight excluding hydrogens is 587 g/mol. The normalized spacial score (nSPS) is 13.6. The van der Waals surface area contributed by atoms with E-state index in [4.69, 9.17) is 15.0 Å². The van der Waals surface area contributed by atoms with Crippen LogP contribution in [0.4, 0.5) is 5.82 Å². The summed E-state index contributed by atoms with van der Waals surface area (Å²) in [6.07, 6.45) is 16.1. The Morgan fingerprint density at radius 1 is 0.905 bits per heavy atom. The monoisotopic (exact) mass is 639 g/mol. The van der Waals surface area contributed by atoms with Crippen molar-refractivity contribution in [2.75, 3.05) is 42.6 Å². The van der Waals surface area contributed by atoms with Crippen molar-refractivity contribution in [2.24, 2.45) is 0 Å². The lowest BCUT2D eigenvalue weighted by molar-refractivity contribution is 0.0801. The lowest BCUT2D eigenvalue weighted by atomic mass is 10.1. The Balaban J connectivity index is 0.00000616. The number of fused-ring (bicyclic) bond motifs is 1. The molecule has 2 atom stereocenters. The first kappa shape index (κ1) is 36.6. The van der Waals surface area contributed by atoms with Crippen molar-refractivity contribution in [1.29, 1.82) is 0 Å². The largest absolute Gasteiger partial charge is 0.382 e. The molecule has 2 aromatic heterocycles. The van der Waals surface area contributed by atoms with Gasteiger partial charge in [-0.05, 0) is 55.6 Å². The highest BCUT2D eigenvalue weighted by atomic mass is 32.2. The van der Waals surface area contributed by atoms with Gasteiger partial charge in [0.05, 0.1) is 25.6 Å². The predicted molar refractivity (Wildman–Crippen MR) is 181 cm³/mol. The van der Waals surface area contributed by atoms with Crippen molar-refractivity contribution < 1.29 is 13.8 Å². The maximum atomic E-state index is 12.8. The topological polar surface area (TPSA) is 142 Å². The number of anilines is 1. The van der Waals surface area contributed by atoms with E-state index in [9.17, 15) is 4.57 Å². The molecule has 42 heavy (non-hydrogen) atoms. The number of thioether (sulfide) groups is 2. The van der Waals surface area contributed by atoms with Crippen LogP contribution in [0, 0.1) is 0 Å². The van der Waals surface area contributed by atoms with Crippen LogP contribution < -0.4 is 11.9 Å². The molecule has 1 unspecified atom stereocenters. The summed E-state index contributed by atoms with van der Waals surface area (Å²) >= 11 is 3.95. The minimum atomic E-state index is -2.80. The van der Waals surface area contributed by atoms with Crippen molar-refractivity contribution in [3.63, 3.8) is 0 Å². The van der Waals surface area contributed by atoms with Crippen molar-refractivity contribution in [3.8, 4) is 0 Å². The first-order valence-electron chi connectivity index (χ1n) is 14.9. The first-order chi connectivity index (χ1) is 19.9. The summed E-state index contributed by atoms with van der Waals surface area (Å²) in [6, 6.07) is 10.7. The summed E-state index contributed by atoms with van der Waals surface area (Å²) in [4.78, 5) is 13.9. The van der Waals surface area contributed by atoms with Gasteiger partial charge in [0.1, 0.15) is 18.2 Å². The Hall–Kier alpha value is -1.62. The molecule has 0 fully saturated rings. The number of aromatic nitrogens is 4. The van der Waals surface area contributed by atoms with Gasteiger partial charge in [-0.15, -0.1) is 11.8 Å². The van der Waals surface area contributed by atoms with Crippen molar-refractivity contribution in [3.05, 3.63) is 43.0 Å². The Kier molecular flexibility index (Phi) is 18.4. The fraction of sp³-hybridized carbons (Fsp3) is 0.633. The summed E-state index contributed by atoms with van der Waals surface area (Å²) in [7, 11) is -2.80. The van der Waals surface area contributed by atoms with Gasteiger partial charge in [0, 0.05) is 11.6 Å². The van der Waals surface area contributed by atoms with Crippen LogP contribution in [-0.4, -0.2) is 62.5 Å². The van der Waals surface area contributed by atoms with Gasteiger partial charge in [0.25, 0.3) is 0 Å². The lowest BCUT2D eigenvalue weighted by Crippen LogP contribution is -2.17. The Morgan fingerprint density at radius 2 is 1.55 bits per heavy atom. The van der Waals surface area contributed by atoms with Gasteiger partial charge < -0.3 is 25.7 Å². The SMILES string of the molecule is C[C@H](Cn1cnc2c(N)ncnc21)OCP(C)(=O)OCCCSCCCCCCCCCCCSc1ccccc1.[NH4+]. The maximum absolute atomic E-state index is 12.8. The molecule has 1 aromatic carbocycles. The molecule has 6 N–H and O–H groups in total. The van der Waals surface area contributed by atoms with Crippen molar-refractivity contribution in [1.82, 2.24) is 25.7 Å². The molecule has 0 aliphatic carbocycles. The summed E-state index contributed by atoms with van der Waals surface area (Å²) in [5, 5.41) is 0. The Morgan fingerprint density at radius 3 is 2.26 bits per heavy atom. The number of nitrogens with zero attached hydrogens (tertiary/aromatic N) is 4. The smallest absolute Gasteiger partial charge is 0.225 e. The fourth-order valence-corrected chi connectivity index (χ4v) is 7.42. The van der Waals surface area contributed by atoms with Crippen LogP contribution in [-0.2, 0) is 20.4 Å². The van der Waals surface area contributed by atoms with Crippen LogP contribution >= 0.6 is 30.9 Å². The minimum Gasteiger partial charge on any atom is -0.382 e. The number of imidazole rings is 1. The molecule has 9 nitrogen and oxygen atoms in total. The van der Waals surface area contributed by atoms with E-state index in [1.807, 2.05) is 35.0 Å². The molecule has 2 heterocycles. The molecule has 3 aromatic rings. The van der Waals surface area contributed by atoms with Gasteiger partial charge in [-0.2, -0.15) is 11.8 Å². The van der Waals surface area contributed by atoms with E-state index in [2.05, 4.69) is 45.3 Å². The van der Waals surface area contributed by atoms with Gasteiger partial charge in [-0.1, -0.05) is 63.1 Å². The molecule has 0 radical (unpaired) electrons. The summed E-state index contributed by atoms with van der Waals surface area (Å²) < 4.78 is 26.2. The number of nitrogen functional groups attached to an aromatic ring is 1. The molecule has 0 bridgehead atoms. The first-order valence-corrected chi connectivity index (χ1v) is 19.3. The zero-order valence-electron chi connectivity index (χ0n) is 25.8. The molecular formula is C30H52N6O3PS2+. The highest BCUT2D eigenvalue weighted by molar-refractivity contribution is 7.99. The Bertz CT molecular complexity index is 1170. The third-order valence-electron chi connectivity index (χ3n) is 6.72. The molecule has 3 rings (SSSR count). The number of unbranched alkanes of at least 4 members (excludes halogenated alkanes) is 8. The van der Waals surface area contributed by atoms with Crippen molar-refractivity contribution >= 4 is 47.9 Å². The van der Waals surface area contributed by atoms with Gasteiger partial charge in [-0.25, -0.2) is 15.0 Å². The van der Waals surface area contributed by atoms with E-state index in [1.54, 1.807) is 13.0 Å². The van der Waals surface area contributed by atoms with E-state index < -0.39 is 7.37 Å². The second-order valence-electron chi connectivity index (χ2n) is 10.6. The van der Waals surface area contributed by atoms with E-state index in [1.165, 1.54) is 80.5 Å². The number of quaternary nitrogens is 1. The van der Waals surface area contributed by atoms with E-state index in [0.29, 0.717) is 30.1 Å². The van der Waals surface area contributed by atoms with Crippen LogP contribution in [0.2, 0.25) is 0 Å². The average Bonchev–Trinajstić information content (AvgIpc) is 3.38. The van der Waals surface area contributed by atoms with Gasteiger partial charge in [-0.3, -0.25) is 4.57 Å². The van der Waals surface area contributed by atoms with Gasteiger partial charge >= 0.3 is 0 Å². The van der Waals surface area contributed by atoms with Crippen LogP contribution in [0.3, 0.4) is 0 Å². The summed E-state index contributed by atoms with van der Waals surface area (Å²) in [6.45, 7) is 4.62. The summed E-state index contributed by atoms with van der Waals surface area (Å²) in [5.74, 6) is 3.83. The van der Waals surface area contributed by atoms with Crippen LogP contribution in [0.1, 0.15) is 71.1 Å². The molecule has 0 saturated heterocycles. The third-order valence-corrected chi connectivity index (χ3v) is 10.3. The molecule has 0 saturated carbocycles. The number of rotatable bonds is 23. The predicted octanol–water partition coefficient (Wildman–Crippen LogP) is 8.50. The highest BCUT2D eigenvalue weighted by Crippen LogP contribution is 2.42. The quantitative estimate of drug-likeness (QED) is 0.0593. The number of ether oxygens (including phenoxy) is 1. The number of hydrogen-bond acceptors (Lipinski definition) is 9. The standard InChI is InChI=1S/C30H48N5O3PS2.H3N/c1-26(22-35-24-34-28-29(31)32-23-33-30(28)35)37-25-39(2,36)38-18-15-20-40-19-13-8-6-4-3-5-7-9-14-21-41-27-16-11-10-12-17-27;/h10-12,16-17,23-24,26H,3-9,13-15,18-22,25H2,1-2H3,(H2,31,32,33);1H3/p+1/t26-,39?;/m1./s1. The zero-order chi connectivity index (χ0) is 29.2. The zero-order valence-corrected chi connectivity index (χ0v) is 28.3. The molecule has 12 heteroatoms. The maximum Gasteiger partial charge on any atom is 0.225 e. The molecule has 0 aliphatic heterocycles.